The van der Waals surface area contributed by atoms with Gasteiger partial charge in [0.05, 0.1) is 17.9 Å². The van der Waals surface area contributed by atoms with E-state index in [-0.39, 0.29) is 22.9 Å². The number of nitrogens with two attached hydrogens (primary N) is 2. The Hall–Kier alpha value is -1.60. The Bertz CT molecular complexity index is 840. The second-order valence-electron chi connectivity index (χ2n) is 12.1. The Kier molecular flexibility index (Phi) is 7.09. The molecular formula is C27H46N4O3. The molecule has 1 unspecified atom stereocenters. The zero-order valence-electron chi connectivity index (χ0n) is 21.5. The van der Waals surface area contributed by atoms with Gasteiger partial charge in [0.1, 0.15) is 0 Å². The molecule has 4 aliphatic carbocycles. The van der Waals surface area contributed by atoms with Gasteiger partial charge in [-0.05, 0) is 99.4 Å². The molecule has 192 valence electrons. The van der Waals surface area contributed by atoms with Crippen molar-refractivity contribution >= 4 is 12.2 Å². The minimum absolute atomic E-state index is 0.00428. The molecule has 4 rings (SSSR count). The van der Waals surface area contributed by atoms with E-state index in [1.165, 1.54) is 6.42 Å². The number of oxime groups is 1. The molecule has 0 heterocycles. The van der Waals surface area contributed by atoms with Crippen molar-refractivity contribution in [3.8, 4) is 0 Å². The predicted octanol–water partition coefficient (Wildman–Crippen LogP) is 4.08. The van der Waals surface area contributed by atoms with E-state index in [0.29, 0.717) is 30.1 Å². The number of aliphatic imine (C=N–C) groups is 1. The summed E-state index contributed by atoms with van der Waals surface area (Å²) in [4.78, 5) is 9.46. The highest BCUT2D eigenvalue weighted by molar-refractivity contribution is 5.77. The second kappa shape index (κ2) is 9.45. The summed E-state index contributed by atoms with van der Waals surface area (Å²) in [5, 5.41) is 26.7. The highest BCUT2D eigenvalue weighted by Gasteiger charge is 2.66. The molecule has 4 saturated carbocycles. The molecule has 9 atom stereocenters. The average Bonchev–Trinajstić information content (AvgIpc) is 3.04. The van der Waals surface area contributed by atoms with Crippen molar-refractivity contribution in [2.24, 2.45) is 56.1 Å². The van der Waals surface area contributed by atoms with Gasteiger partial charge < -0.3 is 26.5 Å². The van der Waals surface area contributed by atoms with Crippen LogP contribution in [0.4, 0.5) is 0 Å². The van der Waals surface area contributed by atoms with Crippen molar-refractivity contribution in [1.29, 1.82) is 0 Å². The van der Waals surface area contributed by atoms with Crippen molar-refractivity contribution in [2.75, 3.05) is 0 Å². The summed E-state index contributed by atoms with van der Waals surface area (Å²) in [6.07, 6.45) is 13.4. The standard InChI is InChI=1S/C27H46N4O3/c1-5-23(31-24(28)29)34-30-16-17(2)14-19-8-13-27(33)22-7-6-18-15-20(32)9-11-25(18,3)21(22)10-12-26(19,27)4/h14,16,18-23,32-33H,5-13,15H2,1-4H3,(H4,28,29,31)/b17-14+,30-16+/t18-,19-,20+,21+,22-,23?,25+,26-,27+/m1/s1. The molecule has 0 saturated heterocycles. The number of fused-ring (bicyclic) bond motifs is 5. The fraction of sp³-hybridized carbons (Fsp3) is 0.852. The molecule has 4 aliphatic rings. The molecule has 6 N–H and O–H groups in total. The Morgan fingerprint density at radius 1 is 1.09 bits per heavy atom. The van der Waals surface area contributed by atoms with Crippen LogP contribution in [0.3, 0.4) is 0 Å². The Balaban J connectivity index is 1.48. The van der Waals surface area contributed by atoms with Crippen molar-refractivity contribution in [1.82, 2.24) is 0 Å². The van der Waals surface area contributed by atoms with Crippen molar-refractivity contribution < 1.29 is 15.1 Å². The van der Waals surface area contributed by atoms with Gasteiger partial charge in [0.15, 0.2) is 5.96 Å². The molecule has 7 nitrogen and oxygen atoms in total. The third-order valence-electron chi connectivity index (χ3n) is 10.4. The van der Waals surface area contributed by atoms with Crippen LogP contribution >= 0.6 is 0 Å². The van der Waals surface area contributed by atoms with Crippen LogP contribution in [0.1, 0.15) is 91.9 Å². The maximum atomic E-state index is 12.3. The lowest BCUT2D eigenvalue weighted by atomic mass is 9.43. The number of aliphatic hydroxyl groups excluding tert-OH is 1. The van der Waals surface area contributed by atoms with E-state index in [0.717, 1.165) is 56.9 Å². The smallest absolute Gasteiger partial charge is 0.220 e. The summed E-state index contributed by atoms with van der Waals surface area (Å²) in [6, 6.07) is 0. The minimum atomic E-state index is -0.615. The monoisotopic (exact) mass is 474 g/mol. The van der Waals surface area contributed by atoms with Gasteiger partial charge in [0, 0.05) is 11.8 Å². The van der Waals surface area contributed by atoms with Crippen molar-refractivity contribution in [2.45, 2.75) is 110 Å². The number of hydrogen-bond donors (Lipinski definition) is 4. The van der Waals surface area contributed by atoms with Crippen LogP contribution in [-0.2, 0) is 4.84 Å². The lowest BCUT2D eigenvalue weighted by molar-refractivity contribution is -0.207. The summed E-state index contributed by atoms with van der Waals surface area (Å²) in [7, 11) is 0. The van der Waals surface area contributed by atoms with Crippen LogP contribution in [0, 0.1) is 34.5 Å². The molecule has 0 bridgehead atoms. The maximum Gasteiger partial charge on any atom is 0.220 e. The number of rotatable bonds is 6. The van der Waals surface area contributed by atoms with Crippen LogP contribution in [0.5, 0.6) is 0 Å². The third kappa shape index (κ3) is 4.27. The fourth-order valence-electron chi connectivity index (χ4n) is 8.41. The Labute approximate surface area is 205 Å². The maximum absolute atomic E-state index is 12.3. The molecule has 0 aromatic heterocycles. The largest absolute Gasteiger partial charge is 0.393 e. The van der Waals surface area contributed by atoms with Gasteiger partial charge in [-0.15, -0.1) is 0 Å². The van der Waals surface area contributed by atoms with E-state index >= 15 is 0 Å². The normalized spacial score (nSPS) is 45.2. The third-order valence-corrected chi connectivity index (χ3v) is 10.4. The van der Waals surface area contributed by atoms with Gasteiger partial charge in [-0.2, -0.15) is 0 Å². The summed E-state index contributed by atoms with van der Waals surface area (Å²) >= 11 is 0. The Morgan fingerprint density at radius 2 is 1.85 bits per heavy atom. The number of guanidine groups is 1. The molecular weight excluding hydrogens is 428 g/mol. The van der Waals surface area contributed by atoms with E-state index in [4.69, 9.17) is 16.3 Å². The SMILES string of the molecule is CCC(N=C(N)N)O/N=C/C(C)=C/[C@H]1CC[C@]2(O)[C@@H]3CC[C@@H]4C[C@@H](O)CC[C@]4(C)[C@H]3CC[C@]12C. The quantitative estimate of drug-likeness (QED) is 0.262. The Morgan fingerprint density at radius 3 is 2.56 bits per heavy atom. The lowest BCUT2D eigenvalue weighted by Gasteiger charge is -2.63. The summed E-state index contributed by atoms with van der Waals surface area (Å²) < 4.78 is 0. The van der Waals surface area contributed by atoms with Crippen LogP contribution in [0.2, 0.25) is 0 Å². The number of allylic oxidation sites excluding steroid dienone is 2. The second-order valence-corrected chi connectivity index (χ2v) is 12.1. The highest BCUT2D eigenvalue weighted by atomic mass is 16.6. The van der Waals surface area contributed by atoms with E-state index in [1.54, 1.807) is 6.21 Å². The van der Waals surface area contributed by atoms with Gasteiger partial charge >= 0.3 is 0 Å². The van der Waals surface area contributed by atoms with E-state index in [9.17, 15) is 10.2 Å². The fourth-order valence-corrected chi connectivity index (χ4v) is 8.41. The first-order valence-corrected chi connectivity index (χ1v) is 13.4. The molecule has 0 spiro atoms. The molecule has 7 heteroatoms. The predicted molar refractivity (Wildman–Crippen MR) is 136 cm³/mol. The zero-order chi connectivity index (χ0) is 24.7. The van der Waals surface area contributed by atoms with Gasteiger partial charge in [0.2, 0.25) is 6.23 Å². The summed E-state index contributed by atoms with van der Waals surface area (Å²) in [5.74, 6) is 1.85. The topological polar surface area (TPSA) is 126 Å². The number of nitrogens with zero attached hydrogens (tertiary/aromatic N) is 2. The lowest BCUT2D eigenvalue weighted by Crippen LogP contribution is -2.62. The van der Waals surface area contributed by atoms with Crippen LogP contribution in [0.15, 0.2) is 21.8 Å². The van der Waals surface area contributed by atoms with Gasteiger partial charge in [-0.1, -0.05) is 32.0 Å². The van der Waals surface area contributed by atoms with E-state index < -0.39 is 11.8 Å². The molecule has 4 fully saturated rings. The van der Waals surface area contributed by atoms with Crippen molar-refractivity contribution in [3.05, 3.63) is 11.6 Å². The number of aliphatic hydroxyl groups is 2. The van der Waals surface area contributed by atoms with Crippen LogP contribution in [-0.4, -0.2) is 40.3 Å². The summed E-state index contributed by atoms with van der Waals surface area (Å²) in [6.45, 7) is 8.77. The van der Waals surface area contributed by atoms with Crippen molar-refractivity contribution in [3.63, 3.8) is 0 Å². The first-order chi connectivity index (χ1) is 16.0. The number of hydrogen-bond acceptors (Lipinski definition) is 5. The van der Waals surface area contributed by atoms with Gasteiger partial charge in [0.25, 0.3) is 0 Å². The molecule has 0 aliphatic heterocycles. The molecule has 0 radical (unpaired) electrons. The van der Waals surface area contributed by atoms with Crippen LogP contribution < -0.4 is 11.5 Å². The molecule has 0 amide bonds. The van der Waals surface area contributed by atoms with Gasteiger partial charge in [-0.25, -0.2) is 4.99 Å². The minimum Gasteiger partial charge on any atom is -0.393 e. The van der Waals surface area contributed by atoms with Gasteiger partial charge in [-0.3, -0.25) is 0 Å². The highest BCUT2D eigenvalue weighted by Crippen LogP contribution is 2.69. The molecule has 0 aromatic carbocycles. The first kappa shape index (κ1) is 25.5. The summed E-state index contributed by atoms with van der Waals surface area (Å²) in [5.41, 5.74) is 11.5. The zero-order valence-corrected chi connectivity index (χ0v) is 21.5. The molecule has 34 heavy (non-hydrogen) atoms. The molecule has 0 aromatic rings. The first-order valence-electron chi connectivity index (χ1n) is 13.4. The van der Waals surface area contributed by atoms with E-state index in [2.05, 4.69) is 30.1 Å². The van der Waals surface area contributed by atoms with Crippen LogP contribution in [0.25, 0.3) is 0 Å². The van der Waals surface area contributed by atoms with E-state index in [1.807, 2.05) is 13.8 Å². The average molecular weight is 475 g/mol.